The Morgan fingerprint density at radius 2 is 1.19 bits per heavy atom. The number of nitrogens with one attached hydrogen (secondary N) is 8. The van der Waals surface area contributed by atoms with Gasteiger partial charge >= 0.3 is 0 Å². The van der Waals surface area contributed by atoms with Gasteiger partial charge in [0.05, 0.1) is 93.0 Å². The first-order valence-electron chi connectivity index (χ1n) is 45.1. The van der Waals surface area contributed by atoms with Gasteiger partial charge in [0.1, 0.15) is 26.8 Å². The van der Waals surface area contributed by atoms with Crippen LogP contribution in [-0.4, -0.2) is 209 Å². The van der Waals surface area contributed by atoms with Gasteiger partial charge in [-0.25, -0.2) is 45.7 Å². The fraction of sp³-hybridized carbons (Fsp3) is 0.323. The number of hydrogen-bond donors (Lipinski definition) is 8. The Morgan fingerprint density at radius 1 is 0.556 bits per heavy atom. The second kappa shape index (κ2) is 42.0. The van der Waals surface area contributed by atoms with Crippen molar-refractivity contribution >= 4 is 144 Å². The van der Waals surface area contributed by atoms with Crippen LogP contribution in [0.5, 0.6) is 0 Å². The van der Waals surface area contributed by atoms with Crippen molar-refractivity contribution in [3.05, 3.63) is 276 Å². The van der Waals surface area contributed by atoms with Gasteiger partial charge in [-0.2, -0.15) is 15.0 Å². The Bertz CT molecular complexity index is 7170. The van der Waals surface area contributed by atoms with E-state index in [-0.39, 0.29) is 75.1 Å². The molecule has 4 saturated heterocycles. The van der Waals surface area contributed by atoms with Crippen molar-refractivity contribution in [2.45, 2.75) is 115 Å². The maximum atomic E-state index is 14.3. The lowest BCUT2D eigenvalue weighted by Gasteiger charge is -2.32. The third-order valence-corrected chi connectivity index (χ3v) is 32.2. The molecule has 0 bridgehead atoms. The third-order valence-electron chi connectivity index (χ3n) is 24.7. The first-order chi connectivity index (χ1) is 65.7. The van der Waals surface area contributed by atoms with Crippen LogP contribution in [0, 0.1) is 6.92 Å². The molecule has 0 amide bonds. The standard InChI is InChI=1S/C33H36N8O4S.C33H35N7O2S2.C30H34N10O3S2/c1-39-16-3-2-6-29(39)28-19-24-20-36-33(37-25-9-7-23(8-10-25)30-21-35-15-18-45-30)38-31(24)40(32(28)42)22-26-5-4-17-41(26)46(43,44)27-11-13-34-14-12-27;1-22-6-2-5-9-27(22)28-18-23-19-35-33(37-24-10-12-25(13-11-24)39-16-14-34-15-17-39)38-30(23)40(31(28)41)20-29-32(43-21-36-29)44(42)26-7-3-4-8-26;1-39(2)12-13-45(42,43)28-26(44-19-34-28)18-40-27-20(14-25(29(40)41)36-23-4-3-10-31-16-23)15-33-30(38-27)37-22-7-5-21(6-8-22)35-24-9-11-32-17-24/h4-5,7-14,17,19-20,29-30,35H,2-3,6,15-16,18,21-22H2,1H3,(H,36,37,38);2,5-6,9-13,18-19,21,26,34H,3-4,7-8,14-17,20H2,1H3,(H,35,37,38);3-8,10,14-16,19,24,32,35-36H,9,11-13,17-18H2,1-2H3,(H,33,37,38). The molecule has 8 N–H and O–H groups in total. The summed E-state index contributed by atoms with van der Waals surface area (Å²) in [5.74, 6) is 0.938. The maximum absolute atomic E-state index is 14.3. The van der Waals surface area contributed by atoms with E-state index in [0.29, 0.717) is 97.8 Å². The molecule has 1 saturated carbocycles. The van der Waals surface area contributed by atoms with E-state index in [2.05, 4.69) is 99.4 Å². The number of ether oxygens (including phenoxy) is 1. The Hall–Kier alpha value is -12.8. The number of piperidine rings is 1. The smallest absolute Gasteiger partial charge is 0.276 e. The zero-order chi connectivity index (χ0) is 93.1. The largest absolute Gasteiger partial charge is 0.381 e. The molecule has 20 rings (SSSR count). The van der Waals surface area contributed by atoms with Crippen LogP contribution in [0.4, 0.5) is 57.7 Å². The van der Waals surface area contributed by atoms with Crippen molar-refractivity contribution in [2.24, 2.45) is 0 Å². The molecule has 0 radical (unpaired) electrons. The number of nitrogens with zero attached hydrogens (tertiary/aromatic N) is 17. The number of fused-ring (bicyclic) bond motifs is 3. The molecule has 15 aromatic rings. The average molecular weight is 1910 g/mol. The first-order valence-corrected chi connectivity index (χ1v) is 51.2. The van der Waals surface area contributed by atoms with Gasteiger partial charge in [0.15, 0.2) is 14.9 Å². The number of likely N-dealkylation sites (tertiary alicyclic amines) is 1. The van der Waals surface area contributed by atoms with E-state index in [1.165, 1.54) is 73.1 Å². The van der Waals surface area contributed by atoms with Crippen molar-refractivity contribution in [3.63, 3.8) is 0 Å². The van der Waals surface area contributed by atoms with Crippen molar-refractivity contribution in [3.8, 4) is 11.1 Å². The van der Waals surface area contributed by atoms with Gasteiger partial charge in [0.2, 0.25) is 17.8 Å². The van der Waals surface area contributed by atoms with Gasteiger partial charge in [-0.3, -0.25) is 47.2 Å². The SMILES string of the molecule is CN(C)CCS(=O)(=O)c1ncsc1Cn1c(=O)c(Nc2cccnc2)cc2cnc(Nc3ccc(NC4CCNC4)cc3)nc21.CN1CCCCC1c1cc2cnc(Nc3ccc(C4CNCCO4)cc3)nc2n(Cc2cccn2S(=O)(=O)c2ccncc2)c1=O.Cc1ccccc1-c1cc2cnc(Nc3ccc(N4CCNCC4)cc3)nc2n(Cc2ncsc2S(=O)C2CCCC2)c1=O. The number of sulfone groups is 1. The minimum atomic E-state index is -3.92. The molecule has 39 heteroatoms. The highest BCUT2D eigenvalue weighted by Crippen LogP contribution is 2.36. The molecule has 4 atom stereocenters. The van der Waals surface area contributed by atoms with E-state index in [1.807, 2.05) is 125 Å². The Kier molecular flexibility index (Phi) is 28.8. The molecular weight excluding hydrogens is 1810 g/mol. The maximum Gasteiger partial charge on any atom is 0.276 e. The van der Waals surface area contributed by atoms with Crippen molar-refractivity contribution < 1.29 is 25.8 Å². The van der Waals surface area contributed by atoms with E-state index in [0.717, 1.165) is 159 Å². The van der Waals surface area contributed by atoms with Gasteiger partial charge in [-0.15, -0.1) is 22.7 Å². The van der Waals surface area contributed by atoms with Crippen LogP contribution in [0.15, 0.2) is 241 Å². The van der Waals surface area contributed by atoms with Gasteiger partial charge in [-0.1, -0.05) is 55.7 Å². The molecule has 0 spiro atoms. The number of aromatic nitrogens is 14. The second-order valence-corrected chi connectivity index (χ2v) is 41.8. The lowest BCUT2D eigenvalue weighted by molar-refractivity contribution is 0.0277. The zero-order valence-electron chi connectivity index (χ0n) is 75.1. The quantitative estimate of drug-likeness (QED) is 0.0226. The molecule has 34 nitrogen and oxygen atoms in total. The van der Waals surface area contributed by atoms with Crippen LogP contribution in [-0.2, 0) is 55.0 Å². The van der Waals surface area contributed by atoms with Gasteiger partial charge < -0.3 is 57.1 Å². The summed E-state index contributed by atoms with van der Waals surface area (Å²) < 4.78 is 79.7. The highest BCUT2D eigenvalue weighted by Gasteiger charge is 2.32. The number of hydrogen-bond acceptors (Lipinski definition) is 32. The summed E-state index contributed by atoms with van der Waals surface area (Å²) in [6.07, 6.45) is 21.0. The molecule has 5 aliphatic rings. The van der Waals surface area contributed by atoms with Crippen LogP contribution in [0.3, 0.4) is 0 Å². The highest BCUT2D eigenvalue weighted by atomic mass is 32.2. The fourth-order valence-corrected chi connectivity index (χ4v) is 24.4. The summed E-state index contributed by atoms with van der Waals surface area (Å²) in [6.45, 7) is 11.6. The Morgan fingerprint density at radius 3 is 1.84 bits per heavy atom. The highest BCUT2D eigenvalue weighted by molar-refractivity contribution is 7.91. The van der Waals surface area contributed by atoms with E-state index >= 15 is 0 Å². The van der Waals surface area contributed by atoms with Crippen LogP contribution in [0.1, 0.15) is 96.5 Å². The number of piperazine rings is 1. The molecule has 11 aromatic heterocycles. The van der Waals surface area contributed by atoms with Crippen LogP contribution in [0.2, 0.25) is 0 Å². The predicted molar refractivity (Wildman–Crippen MR) is 531 cm³/mol. The monoisotopic (exact) mass is 1910 g/mol. The number of anilines is 10. The number of benzene rings is 4. The van der Waals surface area contributed by atoms with Crippen molar-refractivity contribution in [1.29, 1.82) is 0 Å². The molecule has 135 heavy (non-hydrogen) atoms. The summed E-state index contributed by atoms with van der Waals surface area (Å²) >= 11 is 2.60. The molecule has 4 aromatic carbocycles. The number of rotatable bonds is 28. The van der Waals surface area contributed by atoms with Crippen molar-refractivity contribution in [2.75, 3.05) is 130 Å². The third kappa shape index (κ3) is 21.6. The van der Waals surface area contributed by atoms with Crippen LogP contribution < -0.4 is 64.1 Å². The van der Waals surface area contributed by atoms with E-state index in [1.54, 1.807) is 80.9 Å². The topological polar surface area (TPSA) is 400 Å². The summed E-state index contributed by atoms with van der Waals surface area (Å²) in [7, 11) is -3.08. The predicted octanol–water partition coefficient (Wildman–Crippen LogP) is 12.6. The minimum absolute atomic E-state index is 0.00248. The summed E-state index contributed by atoms with van der Waals surface area (Å²) in [5.41, 5.74) is 14.6. The lowest BCUT2D eigenvalue weighted by atomic mass is 9.96. The number of morpholine rings is 1. The molecule has 4 aliphatic heterocycles. The van der Waals surface area contributed by atoms with Gasteiger partial charge in [0.25, 0.3) is 26.7 Å². The second-order valence-electron chi connectivity index (χ2n) is 34.2. The lowest BCUT2D eigenvalue weighted by Crippen LogP contribution is -2.43. The summed E-state index contributed by atoms with van der Waals surface area (Å²) in [4.78, 5) is 94.4. The summed E-state index contributed by atoms with van der Waals surface area (Å²) in [6, 6.07) is 47.6. The average Bonchev–Trinajstić information content (AvgIpc) is 1.65. The molecule has 15 heterocycles. The van der Waals surface area contributed by atoms with Crippen molar-refractivity contribution in [1.82, 2.24) is 93.3 Å². The molecule has 698 valence electrons. The van der Waals surface area contributed by atoms with Crippen LogP contribution >= 0.6 is 22.7 Å². The zero-order valence-corrected chi connectivity index (χ0v) is 79.2. The molecule has 5 fully saturated rings. The number of aryl methyl sites for hydroxylation is 1. The normalized spacial score (nSPS) is 17.0. The van der Waals surface area contributed by atoms with E-state index in [9.17, 15) is 35.4 Å². The Balaban J connectivity index is 0.000000135. The number of thiazole rings is 2. The summed E-state index contributed by atoms with van der Waals surface area (Å²) in [5, 5.41) is 28.7. The molecule has 4 unspecified atom stereocenters. The molecule has 1 aliphatic carbocycles. The molecular formula is C96H105N25O9S5. The Labute approximate surface area is 791 Å². The van der Waals surface area contributed by atoms with Crippen LogP contribution in [0.25, 0.3) is 44.2 Å². The van der Waals surface area contributed by atoms with E-state index < -0.39 is 30.7 Å². The first kappa shape index (κ1) is 92.6. The van der Waals surface area contributed by atoms with Gasteiger partial charge in [-0.05, 0) is 205 Å². The van der Waals surface area contributed by atoms with E-state index in [4.69, 9.17) is 19.7 Å². The number of pyridine rings is 5. The minimum Gasteiger partial charge on any atom is -0.381 e. The fourth-order valence-electron chi connectivity index (χ4n) is 17.5. The van der Waals surface area contributed by atoms with Gasteiger partial charge in [0, 0.05) is 169 Å².